The van der Waals surface area contributed by atoms with Crippen LogP contribution >= 0.6 is 0 Å². The van der Waals surface area contributed by atoms with Crippen molar-refractivity contribution in [1.82, 2.24) is 24.4 Å². The molecule has 0 aliphatic carbocycles. The molecule has 0 bridgehead atoms. The van der Waals surface area contributed by atoms with Gasteiger partial charge in [0.15, 0.2) is 0 Å². The number of carbonyl (C=O) groups is 3. The van der Waals surface area contributed by atoms with E-state index in [2.05, 4.69) is 28.4 Å². The molecule has 4 aromatic rings. The molecule has 2 aromatic carbocycles. The number of nitrogens with one attached hydrogen (secondary N) is 1. The Morgan fingerprint density at radius 3 is 1.58 bits per heavy atom. The van der Waals surface area contributed by atoms with E-state index in [0.29, 0.717) is 18.7 Å². The fraction of sp³-hybridized carbons (Fsp3) is 0.194. The zero-order chi connectivity index (χ0) is 32.2. The summed E-state index contributed by atoms with van der Waals surface area (Å²) in [5.74, 6) is -1.29. The van der Waals surface area contributed by atoms with Crippen LogP contribution in [0.5, 0.6) is 11.5 Å². The average molecular weight is 591 g/mol. The number of aromatic hydroxyl groups is 2. The molecule has 0 radical (unpaired) electrons. The van der Waals surface area contributed by atoms with Crippen LogP contribution in [0.2, 0.25) is 0 Å². The summed E-state index contributed by atoms with van der Waals surface area (Å²) in [6.45, 7) is 11.4. The molecular formula is C31H38N6O6. The maximum atomic E-state index is 11.6. The third-order valence-electron chi connectivity index (χ3n) is 5.59. The third kappa shape index (κ3) is 13.1. The van der Waals surface area contributed by atoms with E-state index in [9.17, 15) is 14.4 Å². The first-order valence-electron chi connectivity index (χ1n) is 13.1. The molecule has 228 valence electrons. The van der Waals surface area contributed by atoms with Crippen molar-refractivity contribution in [2.24, 2.45) is 5.73 Å². The Kier molecular flexibility index (Phi) is 16.2. The summed E-state index contributed by atoms with van der Waals surface area (Å²) >= 11 is 0. The molecule has 4 rings (SSSR count). The van der Waals surface area contributed by atoms with Gasteiger partial charge >= 0.3 is 12.0 Å². The van der Waals surface area contributed by atoms with Crippen LogP contribution in [0.1, 0.15) is 36.8 Å². The molecule has 43 heavy (non-hydrogen) atoms. The highest BCUT2D eigenvalue weighted by atomic mass is 16.4. The van der Waals surface area contributed by atoms with E-state index >= 15 is 0 Å². The molecule has 2 unspecified atom stereocenters. The predicted molar refractivity (Wildman–Crippen MR) is 164 cm³/mol. The smallest absolute Gasteiger partial charge is 0.338 e. The highest BCUT2D eigenvalue weighted by Gasteiger charge is 2.14. The normalized spacial score (nSPS) is 11.0. The largest absolute Gasteiger partial charge is 0.508 e. The van der Waals surface area contributed by atoms with Gasteiger partial charge in [0, 0.05) is 37.9 Å². The van der Waals surface area contributed by atoms with E-state index < -0.39 is 11.9 Å². The van der Waals surface area contributed by atoms with Crippen molar-refractivity contribution in [3.05, 3.63) is 122 Å². The Morgan fingerprint density at radius 2 is 1.26 bits per heavy atom. The minimum absolute atomic E-state index is 0.0411. The van der Waals surface area contributed by atoms with E-state index in [4.69, 9.17) is 21.1 Å². The maximum absolute atomic E-state index is 11.6. The van der Waals surface area contributed by atoms with Crippen LogP contribution in [0, 0.1) is 0 Å². The molecule has 0 aliphatic heterocycles. The molecular weight excluding hydrogens is 552 g/mol. The van der Waals surface area contributed by atoms with Crippen LogP contribution in [0.4, 0.5) is 4.79 Å². The van der Waals surface area contributed by atoms with Gasteiger partial charge in [-0.1, -0.05) is 36.4 Å². The second-order valence-corrected chi connectivity index (χ2v) is 8.75. The van der Waals surface area contributed by atoms with E-state index in [0.717, 1.165) is 5.56 Å². The first kappa shape index (κ1) is 35.5. The zero-order valence-corrected chi connectivity index (χ0v) is 24.2. The molecule has 0 fully saturated rings. The number of hydrogen-bond acceptors (Lipinski definition) is 8. The summed E-state index contributed by atoms with van der Waals surface area (Å²) < 4.78 is 2.75. The predicted octanol–water partition coefficient (Wildman–Crippen LogP) is 4.11. The highest BCUT2D eigenvalue weighted by molar-refractivity contribution is 5.83. The number of nitrogens with zero attached hydrogens (tertiary/aromatic N) is 4. The van der Waals surface area contributed by atoms with Crippen LogP contribution in [-0.4, -0.2) is 65.4 Å². The van der Waals surface area contributed by atoms with Gasteiger partial charge < -0.3 is 26.4 Å². The molecule has 2 atom stereocenters. The third-order valence-corrected chi connectivity index (χ3v) is 5.59. The minimum atomic E-state index is -0.860. The summed E-state index contributed by atoms with van der Waals surface area (Å²) in [6, 6.07) is 12.6. The summed E-state index contributed by atoms with van der Waals surface area (Å²) in [4.78, 5) is 41.0. The number of nitrogens with two attached hydrogens (primary N) is 1. The van der Waals surface area contributed by atoms with Gasteiger partial charge in [-0.05, 0) is 49.2 Å². The fourth-order valence-corrected chi connectivity index (χ4v) is 3.02. The lowest BCUT2D eigenvalue weighted by atomic mass is 10.0. The van der Waals surface area contributed by atoms with Crippen LogP contribution in [0.15, 0.2) is 111 Å². The lowest BCUT2D eigenvalue weighted by molar-refractivity contribution is -0.138. The topological polar surface area (TPSA) is 186 Å². The van der Waals surface area contributed by atoms with Gasteiger partial charge in [0.25, 0.3) is 0 Å². The van der Waals surface area contributed by atoms with E-state index in [1.165, 1.54) is 33.9 Å². The van der Waals surface area contributed by atoms with Crippen LogP contribution < -0.4 is 11.1 Å². The number of amides is 1. The standard InChI is InChI=1S/C12H15NO2.C9H10O3.C7H6N4O.C3H7N/c1-3-8-13-12(15)9(2)10-4-6-11(14)7-5-10;1-6(9(11)12)7-2-4-8(10)5-3-7;12-7(10-3-1-8-5-10)11-4-2-9-6-11;1-2-3-4/h3-7,9,14H,1,8H2,2H3,(H,13,15);2-6,10H,1H3,(H,11,12);1-6H;2H,1,3-4H2. The van der Waals surface area contributed by atoms with Crippen molar-refractivity contribution in [3.8, 4) is 11.5 Å². The van der Waals surface area contributed by atoms with E-state index in [-0.39, 0.29) is 29.4 Å². The van der Waals surface area contributed by atoms with Crippen LogP contribution in [-0.2, 0) is 9.59 Å². The second kappa shape index (κ2) is 19.6. The molecule has 0 aliphatic rings. The first-order valence-corrected chi connectivity index (χ1v) is 13.1. The molecule has 12 heteroatoms. The van der Waals surface area contributed by atoms with Crippen molar-refractivity contribution >= 4 is 17.9 Å². The fourth-order valence-electron chi connectivity index (χ4n) is 3.02. The number of carboxylic acid groups (broad SMARTS) is 1. The Balaban J connectivity index is 0.000000305. The number of aliphatic carboxylic acids is 1. The molecule has 2 aromatic heterocycles. The summed E-state index contributed by atoms with van der Waals surface area (Å²) in [7, 11) is 0. The Labute approximate surface area is 250 Å². The number of imidazole rings is 2. The van der Waals surface area contributed by atoms with E-state index in [1.54, 1.807) is 80.3 Å². The van der Waals surface area contributed by atoms with Gasteiger partial charge in [0.2, 0.25) is 5.91 Å². The number of hydrogen-bond donors (Lipinski definition) is 5. The monoisotopic (exact) mass is 590 g/mol. The number of carbonyl (C=O) groups excluding carboxylic acids is 2. The van der Waals surface area contributed by atoms with Crippen molar-refractivity contribution in [1.29, 1.82) is 0 Å². The van der Waals surface area contributed by atoms with Crippen molar-refractivity contribution in [2.75, 3.05) is 13.1 Å². The second-order valence-electron chi connectivity index (χ2n) is 8.75. The van der Waals surface area contributed by atoms with Gasteiger partial charge in [-0.2, -0.15) is 0 Å². The number of phenols is 2. The summed E-state index contributed by atoms with van der Waals surface area (Å²) in [6.07, 6.45) is 12.5. The summed E-state index contributed by atoms with van der Waals surface area (Å²) in [5, 5.41) is 29.4. The highest BCUT2D eigenvalue weighted by Crippen LogP contribution is 2.19. The lowest BCUT2D eigenvalue weighted by Crippen LogP contribution is -2.27. The van der Waals surface area contributed by atoms with E-state index in [1.807, 2.05) is 6.92 Å². The number of carboxylic acids is 1. The number of phenolic OH excluding ortho intramolecular Hbond substituents is 2. The Hall–Kier alpha value is -5.49. The average Bonchev–Trinajstić information content (AvgIpc) is 3.76. The minimum Gasteiger partial charge on any atom is -0.508 e. The molecule has 0 spiro atoms. The molecule has 2 heterocycles. The van der Waals surface area contributed by atoms with Crippen LogP contribution in [0.25, 0.3) is 0 Å². The van der Waals surface area contributed by atoms with Crippen molar-refractivity contribution < 1.29 is 29.7 Å². The SMILES string of the molecule is C=CCN.C=CCNC(=O)C(C)c1ccc(O)cc1.CC(C(=O)O)c1ccc(O)cc1.O=C(n1ccnc1)n1ccnc1. The molecule has 0 saturated heterocycles. The first-order chi connectivity index (χ1) is 20.5. The van der Waals surface area contributed by atoms with Gasteiger partial charge in [0.05, 0.1) is 11.8 Å². The summed E-state index contributed by atoms with van der Waals surface area (Å²) in [5.41, 5.74) is 6.49. The Morgan fingerprint density at radius 1 is 0.837 bits per heavy atom. The molecule has 0 saturated carbocycles. The molecule has 12 nitrogen and oxygen atoms in total. The van der Waals surface area contributed by atoms with Crippen molar-refractivity contribution in [3.63, 3.8) is 0 Å². The number of rotatable bonds is 7. The van der Waals surface area contributed by atoms with Crippen molar-refractivity contribution in [2.45, 2.75) is 25.7 Å². The van der Waals surface area contributed by atoms with Crippen LogP contribution in [0.3, 0.4) is 0 Å². The van der Waals surface area contributed by atoms with Gasteiger partial charge in [-0.15, -0.1) is 13.2 Å². The molecule has 1 amide bonds. The molecule has 6 N–H and O–H groups in total. The quantitative estimate of drug-likeness (QED) is 0.198. The number of aromatic nitrogens is 4. The number of benzene rings is 2. The maximum Gasteiger partial charge on any atom is 0.338 e. The zero-order valence-electron chi connectivity index (χ0n) is 24.2. The van der Waals surface area contributed by atoms with Gasteiger partial charge in [0.1, 0.15) is 24.2 Å². The Bertz CT molecular complexity index is 1350. The van der Waals surface area contributed by atoms with Gasteiger partial charge in [-0.3, -0.25) is 18.7 Å². The lowest BCUT2D eigenvalue weighted by Gasteiger charge is -2.11. The van der Waals surface area contributed by atoms with Gasteiger partial charge in [-0.25, -0.2) is 14.8 Å².